The Labute approximate surface area is 175 Å². The van der Waals surface area contributed by atoms with Crippen molar-refractivity contribution < 1.29 is 71.2 Å². The summed E-state index contributed by atoms with van der Waals surface area (Å²) >= 11 is 0. The van der Waals surface area contributed by atoms with Crippen LogP contribution in [-0.2, 0) is 4.79 Å². The van der Waals surface area contributed by atoms with E-state index in [1.54, 1.807) is 13.8 Å². The molecule has 0 aromatic heterocycles. The molecular formula is C16H40O14. The minimum Gasteiger partial charge on any atom is -0.397 e. The van der Waals surface area contributed by atoms with Crippen molar-refractivity contribution in [3.05, 3.63) is 0 Å². The molecule has 30 heavy (non-hydrogen) atoms. The van der Waals surface area contributed by atoms with Gasteiger partial charge >= 0.3 is 0 Å². The van der Waals surface area contributed by atoms with Crippen LogP contribution in [0.15, 0.2) is 0 Å². The molecule has 0 unspecified atom stereocenters. The third kappa shape index (κ3) is 34.6. The second-order valence-corrected chi connectivity index (χ2v) is 5.03. The summed E-state index contributed by atoms with van der Waals surface area (Å²) in [7, 11) is 0. The molecule has 0 spiro atoms. The average Bonchev–Trinajstić information content (AvgIpc) is 2.77. The Morgan fingerprint density at radius 2 is 0.833 bits per heavy atom. The molecular weight excluding hydrogens is 416 g/mol. The molecule has 14 heteroatoms. The molecule has 0 radical (unpaired) electrons. The molecule has 0 aliphatic heterocycles. The predicted molar refractivity (Wildman–Crippen MR) is 103 cm³/mol. The summed E-state index contributed by atoms with van der Waals surface area (Å²) in [5, 5.41) is 107. The van der Waals surface area contributed by atoms with E-state index in [2.05, 4.69) is 0 Å². The molecule has 0 saturated heterocycles. The fraction of sp³-hybridized carbons (Fsp3) is 0.938. The zero-order chi connectivity index (χ0) is 25.1. The Bertz CT molecular complexity index is 277. The smallest absolute Gasteiger partial charge is 0.151 e. The van der Waals surface area contributed by atoms with Gasteiger partial charge in [-0.2, -0.15) is 0 Å². The number of aliphatic hydroxyl groups is 13. The molecule has 0 saturated carbocycles. The van der Waals surface area contributed by atoms with Gasteiger partial charge in [0.1, 0.15) is 36.6 Å². The van der Waals surface area contributed by atoms with Gasteiger partial charge in [0.2, 0.25) is 0 Å². The highest BCUT2D eigenvalue weighted by Crippen LogP contribution is 2.02. The summed E-state index contributed by atoms with van der Waals surface area (Å²) in [6, 6.07) is 0. The molecule has 0 aliphatic rings. The van der Waals surface area contributed by atoms with Gasteiger partial charge in [0.05, 0.1) is 33.0 Å². The van der Waals surface area contributed by atoms with Gasteiger partial charge in [-0.25, -0.2) is 0 Å². The molecule has 0 heterocycles. The number of rotatable bonds is 9. The quantitative estimate of drug-likeness (QED) is 0.144. The van der Waals surface area contributed by atoms with Crippen LogP contribution in [0.2, 0.25) is 0 Å². The Balaban J connectivity index is -0.0000000980. The normalized spacial score (nSPS) is 13.6. The molecule has 13 N–H and O–H groups in total. The summed E-state index contributed by atoms with van der Waals surface area (Å²) in [5.74, 6) is 0. The van der Waals surface area contributed by atoms with Crippen LogP contribution in [0.5, 0.6) is 0 Å². The van der Waals surface area contributed by atoms with Gasteiger partial charge in [0, 0.05) is 13.2 Å². The van der Waals surface area contributed by atoms with Crippen molar-refractivity contribution in [2.45, 2.75) is 50.5 Å². The summed E-state index contributed by atoms with van der Waals surface area (Å²) in [4.78, 5) is 9.90. The van der Waals surface area contributed by atoms with Crippen molar-refractivity contribution in [1.82, 2.24) is 0 Å². The number of carbonyl (C=O) groups is 1. The van der Waals surface area contributed by atoms with Gasteiger partial charge in [-0.1, -0.05) is 0 Å². The van der Waals surface area contributed by atoms with E-state index in [0.29, 0.717) is 0 Å². The monoisotopic (exact) mass is 456 g/mol. The number of aliphatic hydroxyl groups excluding tert-OH is 13. The lowest BCUT2D eigenvalue weighted by Gasteiger charge is -2.22. The standard InChI is InChI=1S/C6H12O6.2C3H8O3.2C2H6O/c7-1-3(9)5(11)6(12)4(10)2-8;2*4-1-3(6)2-5;2*1-2-3/h1,3-6,8-12H,2H2;2*3-6H,1-2H2;2*3H,2H2,1H3/t3-,4+,5+,6+;;;;/m0..../s1. The first kappa shape index (κ1) is 39.6. The molecule has 0 amide bonds. The second kappa shape index (κ2) is 32.8. The number of hydrogen-bond donors (Lipinski definition) is 13. The molecule has 0 aromatic carbocycles. The van der Waals surface area contributed by atoms with E-state index in [9.17, 15) is 4.79 Å². The van der Waals surface area contributed by atoms with Crippen LogP contribution in [0.4, 0.5) is 0 Å². The lowest BCUT2D eigenvalue weighted by molar-refractivity contribution is -0.136. The maximum absolute atomic E-state index is 9.90. The zero-order valence-electron chi connectivity index (χ0n) is 17.2. The van der Waals surface area contributed by atoms with E-state index >= 15 is 0 Å². The molecule has 0 fully saturated rings. The summed E-state index contributed by atoms with van der Waals surface area (Å²) in [6.07, 6.45) is -8.75. The number of hydrogen-bond acceptors (Lipinski definition) is 14. The molecule has 14 nitrogen and oxygen atoms in total. The average molecular weight is 456 g/mol. The van der Waals surface area contributed by atoms with Gasteiger partial charge in [-0.15, -0.1) is 0 Å². The number of carbonyl (C=O) groups excluding carboxylic acids is 1. The molecule has 0 rings (SSSR count). The van der Waals surface area contributed by atoms with Gasteiger partial charge in [-0.05, 0) is 13.8 Å². The van der Waals surface area contributed by atoms with E-state index in [1.165, 1.54) is 0 Å². The van der Waals surface area contributed by atoms with E-state index in [1.807, 2.05) is 0 Å². The fourth-order valence-corrected chi connectivity index (χ4v) is 0.734. The lowest BCUT2D eigenvalue weighted by atomic mass is 10.0. The first-order valence-electron chi connectivity index (χ1n) is 8.79. The molecule has 0 aliphatic carbocycles. The van der Waals surface area contributed by atoms with Crippen molar-refractivity contribution in [3.8, 4) is 0 Å². The van der Waals surface area contributed by atoms with Gasteiger partial charge in [0.15, 0.2) is 6.29 Å². The summed E-state index contributed by atoms with van der Waals surface area (Å²) in [5.41, 5.74) is 0. The molecule has 4 atom stereocenters. The van der Waals surface area contributed by atoms with Crippen LogP contribution in [-0.4, -0.2) is 156 Å². The molecule has 0 aromatic rings. The second-order valence-electron chi connectivity index (χ2n) is 5.03. The Kier molecular flexibility index (Phi) is 43.3. The van der Waals surface area contributed by atoms with Crippen molar-refractivity contribution in [2.75, 3.05) is 46.2 Å². The summed E-state index contributed by atoms with van der Waals surface area (Å²) < 4.78 is 0. The topological polar surface area (TPSA) is 280 Å². The minimum absolute atomic E-state index is 0.0258. The van der Waals surface area contributed by atoms with E-state index in [-0.39, 0.29) is 45.9 Å². The highest BCUT2D eigenvalue weighted by Gasteiger charge is 2.29. The van der Waals surface area contributed by atoms with Crippen molar-refractivity contribution in [2.24, 2.45) is 0 Å². The Morgan fingerprint density at radius 1 is 0.567 bits per heavy atom. The fourth-order valence-electron chi connectivity index (χ4n) is 0.734. The number of aldehydes is 1. The predicted octanol–water partition coefficient (Wildman–Crippen LogP) is -6.72. The first-order valence-corrected chi connectivity index (χ1v) is 8.79. The van der Waals surface area contributed by atoms with E-state index < -0.39 is 43.2 Å². The van der Waals surface area contributed by atoms with Crippen LogP contribution in [0.3, 0.4) is 0 Å². The van der Waals surface area contributed by atoms with Gasteiger partial charge in [-0.3, -0.25) is 0 Å². The van der Waals surface area contributed by atoms with Crippen LogP contribution in [0.1, 0.15) is 13.8 Å². The largest absolute Gasteiger partial charge is 0.397 e. The van der Waals surface area contributed by atoms with Crippen molar-refractivity contribution in [3.63, 3.8) is 0 Å². The first-order chi connectivity index (χ1) is 14.0. The third-order valence-corrected chi connectivity index (χ3v) is 2.26. The van der Waals surface area contributed by atoms with Crippen LogP contribution >= 0.6 is 0 Å². The van der Waals surface area contributed by atoms with E-state index in [4.69, 9.17) is 66.4 Å². The van der Waals surface area contributed by atoms with Crippen molar-refractivity contribution >= 4 is 6.29 Å². The Morgan fingerprint density at radius 3 is 0.967 bits per heavy atom. The third-order valence-electron chi connectivity index (χ3n) is 2.26. The summed E-state index contributed by atoms with van der Waals surface area (Å²) in [6.45, 7) is 1.64. The lowest BCUT2D eigenvalue weighted by Crippen LogP contribution is -2.46. The maximum Gasteiger partial charge on any atom is 0.151 e. The zero-order valence-corrected chi connectivity index (χ0v) is 17.2. The maximum atomic E-state index is 9.90. The van der Waals surface area contributed by atoms with Crippen LogP contribution in [0, 0.1) is 0 Å². The molecule has 188 valence electrons. The van der Waals surface area contributed by atoms with Gasteiger partial charge in [0.25, 0.3) is 0 Å². The van der Waals surface area contributed by atoms with E-state index in [0.717, 1.165) is 0 Å². The molecule has 0 bridgehead atoms. The Hall–Kier alpha value is -0.850. The van der Waals surface area contributed by atoms with Gasteiger partial charge < -0.3 is 71.2 Å². The SMILES string of the molecule is CCO.CCO.O=C[C@H](O)[C@@H](O)[C@H](O)[C@H](O)CO.OCC(O)CO.OCC(O)CO. The van der Waals surface area contributed by atoms with Crippen LogP contribution < -0.4 is 0 Å². The highest BCUT2D eigenvalue weighted by molar-refractivity contribution is 5.56. The highest BCUT2D eigenvalue weighted by atomic mass is 16.4. The minimum atomic E-state index is -1.79. The van der Waals surface area contributed by atoms with Crippen LogP contribution in [0.25, 0.3) is 0 Å². The van der Waals surface area contributed by atoms with Crippen molar-refractivity contribution in [1.29, 1.82) is 0 Å².